The molecule has 0 N–H and O–H groups in total. The van der Waals surface area contributed by atoms with Crippen molar-refractivity contribution in [2.75, 3.05) is 0 Å². The van der Waals surface area contributed by atoms with E-state index in [-0.39, 0.29) is 17.6 Å². The molecule has 1 unspecified atom stereocenters. The van der Waals surface area contributed by atoms with Crippen LogP contribution in [0.3, 0.4) is 0 Å². The van der Waals surface area contributed by atoms with Crippen LogP contribution in [0.5, 0.6) is 0 Å². The van der Waals surface area contributed by atoms with Crippen molar-refractivity contribution >= 4 is 23.2 Å². The van der Waals surface area contributed by atoms with Crippen molar-refractivity contribution in [2.45, 2.75) is 38.3 Å². The summed E-state index contributed by atoms with van der Waals surface area (Å²) in [5.41, 5.74) is 4.16. The fourth-order valence-electron chi connectivity index (χ4n) is 4.06. The van der Waals surface area contributed by atoms with Gasteiger partial charge in [-0.15, -0.1) is 0 Å². The van der Waals surface area contributed by atoms with Gasteiger partial charge >= 0.3 is 0 Å². The van der Waals surface area contributed by atoms with Crippen molar-refractivity contribution in [2.24, 2.45) is 0 Å². The van der Waals surface area contributed by atoms with E-state index in [2.05, 4.69) is 0 Å². The molecular weight excluding hydrogens is 364 g/mol. The summed E-state index contributed by atoms with van der Waals surface area (Å²) in [4.78, 5) is 25.4. The minimum atomic E-state index is -0.415. The SMILES string of the molecule is O=C1C2=C(CCCC2)C(c2ccc(Cl)cc2)N1Cc1ccc([N+](=O)[O-])cc1. The second-order valence-corrected chi connectivity index (χ2v) is 7.46. The summed E-state index contributed by atoms with van der Waals surface area (Å²) in [7, 11) is 0. The summed E-state index contributed by atoms with van der Waals surface area (Å²) in [6.07, 6.45) is 3.91. The molecule has 0 aromatic heterocycles. The summed E-state index contributed by atoms with van der Waals surface area (Å²) in [6, 6.07) is 14.0. The first-order chi connectivity index (χ1) is 13.0. The quantitative estimate of drug-likeness (QED) is 0.539. The topological polar surface area (TPSA) is 63.5 Å². The van der Waals surface area contributed by atoms with Gasteiger partial charge in [0.2, 0.25) is 0 Å². The number of hydrogen-bond donors (Lipinski definition) is 0. The molecule has 27 heavy (non-hydrogen) atoms. The van der Waals surface area contributed by atoms with Gasteiger partial charge in [0, 0.05) is 29.3 Å². The molecule has 0 spiro atoms. The number of nitro groups is 1. The molecule has 2 aromatic carbocycles. The van der Waals surface area contributed by atoms with E-state index in [1.165, 1.54) is 17.7 Å². The number of rotatable bonds is 4. The van der Waals surface area contributed by atoms with Gasteiger partial charge in [-0.3, -0.25) is 14.9 Å². The van der Waals surface area contributed by atoms with Gasteiger partial charge in [-0.2, -0.15) is 0 Å². The minimum Gasteiger partial charge on any atom is -0.324 e. The largest absolute Gasteiger partial charge is 0.324 e. The van der Waals surface area contributed by atoms with E-state index in [0.717, 1.165) is 42.4 Å². The maximum atomic E-state index is 13.1. The van der Waals surface area contributed by atoms with Gasteiger partial charge in [0.25, 0.3) is 11.6 Å². The molecule has 0 saturated carbocycles. The van der Waals surface area contributed by atoms with Crippen LogP contribution in [0.4, 0.5) is 5.69 Å². The van der Waals surface area contributed by atoms with Crippen LogP contribution in [-0.4, -0.2) is 15.7 Å². The number of halogens is 1. The van der Waals surface area contributed by atoms with Crippen LogP contribution in [0, 0.1) is 10.1 Å². The molecule has 138 valence electrons. The second-order valence-electron chi connectivity index (χ2n) is 7.02. The Bertz CT molecular complexity index is 919. The number of nitro benzene ring substituents is 1. The lowest BCUT2D eigenvalue weighted by molar-refractivity contribution is -0.384. The third-order valence-electron chi connectivity index (χ3n) is 5.36. The number of hydrogen-bond acceptors (Lipinski definition) is 3. The Labute approximate surface area is 162 Å². The molecule has 1 aliphatic carbocycles. The van der Waals surface area contributed by atoms with Crippen molar-refractivity contribution in [1.82, 2.24) is 4.90 Å². The molecule has 6 heteroatoms. The fraction of sp³-hybridized carbons (Fsp3) is 0.286. The first-order valence-electron chi connectivity index (χ1n) is 9.06. The van der Waals surface area contributed by atoms with Crippen molar-refractivity contribution in [3.8, 4) is 0 Å². The summed E-state index contributed by atoms with van der Waals surface area (Å²) in [5, 5.41) is 11.5. The average Bonchev–Trinajstić information content (AvgIpc) is 2.95. The molecule has 0 radical (unpaired) electrons. The molecule has 5 nitrogen and oxygen atoms in total. The van der Waals surface area contributed by atoms with E-state index in [4.69, 9.17) is 11.6 Å². The number of amides is 1. The van der Waals surface area contributed by atoms with Gasteiger partial charge in [0.15, 0.2) is 0 Å². The number of non-ortho nitro benzene ring substituents is 1. The van der Waals surface area contributed by atoms with Crippen molar-refractivity contribution in [1.29, 1.82) is 0 Å². The van der Waals surface area contributed by atoms with Gasteiger partial charge < -0.3 is 4.90 Å². The summed E-state index contributed by atoms with van der Waals surface area (Å²) in [5.74, 6) is 0.0861. The zero-order valence-electron chi connectivity index (χ0n) is 14.7. The van der Waals surface area contributed by atoms with Crippen LogP contribution in [-0.2, 0) is 11.3 Å². The summed E-state index contributed by atoms with van der Waals surface area (Å²) < 4.78 is 0. The summed E-state index contributed by atoms with van der Waals surface area (Å²) >= 11 is 6.04. The van der Waals surface area contributed by atoms with Gasteiger partial charge in [0.05, 0.1) is 11.0 Å². The van der Waals surface area contributed by atoms with E-state index < -0.39 is 4.92 Å². The van der Waals surface area contributed by atoms with Gasteiger partial charge in [-0.1, -0.05) is 35.9 Å². The smallest absolute Gasteiger partial charge is 0.269 e. The molecular formula is C21H19ClN2O3. The van der Waals surface area contributed by atoms with Crippen LogP contribution >= 0.6 is 11.6 Å². The Morgan fingerprint density at radius 2 is 1.70 bits per heavy atom. The average molecular weight is 383 g/mol. The second kappa shape index (κ2) is 7.16. The first-order valence-corrected chi connectivity index (χ1v) is 9.44. The van der Waals surface area contributed by atoms with Crippen LogP contribution in [0.15, 0.2) is 59.7 Å². The van der Waals surface area contributed by atoms with Crippen LogP contribution in [0.1, 0.15) is 42.9 Å². The Balaban J connectivity index is 1.68. The highest BCUT2D eigenvalue weighted by Gasteiger charge is 2.40. The normalized spacial score (nSPS) is 19.4. The monoisotopic (exact) mass is 382 g/mol. The Kier molecular flexibility index (Phi) is 4.70. The molecule has 0 fully saturated rings. The molecule has 2 aliphatic rings. The third-order valence-corrected chi connectivity index (χ3v) is 5.61. The van der Waals surface area contributed by atoms with Crippen molar-refractivity contribution in [3.63, 3.8) is 0 Å². The number of nitrogens with zero attached hydrogens (tertiary/aromatic N) is 2. The lowest BCUT2D eigenvalue weighted by Crippen LogP contribution is -2.29. The van der Waals surface area contributed by atoms with E-state index in [1.807, 2.05) is 29.2 Å². The highest BCUT2D eigenvalue weighted by atomic mass is 35.5. The number of carbonyl (C=O) groups is 1. The maximum absolute atomic E-state index is 13.1. The zero-order chi connectivity index (χ0) is 19.0. The number of carbonyl (C=O) groups excluding carboxylic acids is 1. The lowest BCUT2D eigenvalue weighted by atomic mass is 9.87. The van der Waals surface area contributed by atoms with E-state index in [1.54, 1.807) is 12.1 Å². The maximum Gasteiger partial charge on any atom is 0.269 e. The molecule has 1 aliphatic heterocycles. The Hall–Kier alpha value is -2.66. The zero-order valence-corrected chi connectivity index (χ0v) is 15.5. The minimum absolute atomic E-state index is 0.0539. The molecule has 1 heterocycles. The number of benzene rings is 2. The fourth-order valence-corrected chi connectivity index (χ4v) is 4.19. The molecule has 4 rings (SSSR count). The Morgan fingerprint density at radius 1 is 1.04 bits per heavy atom. The summed E-state index contributed by atoms with van der Waals surface area (Å²) in [6.45, 7) is 0.428. The van der Waals surface area contributed by atoms with E-state index in [0.29, 0.717) is 11.6 Å². The van der Waals surface area contributed by atoms with Crippen LogP contribution in [0.25, 0.3) is 0 Å². The standard InChI is InChI=1S/C21H19ClN2O3/c22-16-9-7-15(8-10-16)20-18-3-1-2-4-19(18)21(25)23(20)13-14-5-11-17(12-6-14)24(26)27/h5-12,20H,1-4,13H2. The lowest BCUT2D eigenvalue weighted by Gasteiger charge is -2.28. The van der Waals surface area contributed by atoms with E-state index >= 15 is 0 Å². The predicted octanol–water partition coefficient (Wildman–Crippen LogP) is 5.20. The van der Waals surface area contributed by atoms with Gasteiger partial charge in [0.1, 0.15) is 0 Å². The highest BCUT2D eigenvalue weighted by Crippen LogP contribution is 2.45. The van der Waals surface area contributed by atoms with Crippen LogP contribution in [0.2, 0.25) is 5.02 Å². The predicted molar refractivity (Wildman–Crippen MR) is 103 cm³/mol. The molecule has 0 bridgehead atoms. The van der Waals surface area contributed by atoms with Crippen molar-refractivity contribution < 1.29 is 9.72 Å². The molecule has 2 aromatic rings. The van der Waals surface area contributed by atoms with Gasteiger partial charge in [-0.05, 0) is 54.5 Å². The van der Waals surface area contributed by atoms with Crippen molar-refractivity contribution in [3.05, 3.63) is 85.9 Å². The van der Waals surface area contributed by atoms with Gasteiger partial charge in [-0.25, -0.2) is 0 Å². The molecule has 0 saturated heterocycles. The first kappa shape index (κ1) is 17.7. The molecule has 1 atom stereocenters. The van der Waals surface area contributed by atoms with E-state index in [9.17, 15) is 14.9 Å². The highest BCUT2D eigenvalue weighted by molar-refractivity contribution is 6.30. The third kappa shape index (κ3) is 3.35. The molecule has 1 amide bonds. The Morgan fingerprint density at radius 3 is 2.37 bits per heavy atom. The van der Waals surface area contributed by atoms with Crippen LogP contribution < -0.4 is 0 Å².